The van der Waals surface area contributed by atoms with Crippen molar-refractivity contribution >= 4 is 17.4 Å². The highest BCUT2D eigenvalue weighted by Crippen LogP contribution is 2.28. The van der Waals surface area contributed by atoms with Crippen LogP contribution in [-0.2, 0) is 0 Å². The molecule has 1 fully saturated rings. The lowest BCUT2D eigenvalue weighted by Crippen LogP contribution is -2.36. The van der Waals surface area contributed by atoms with Crippen LogP contribution in [0, 0.1) is 0 Å². The summed E-state index contributed by atoms with van der Waals surface area (Å²) in [5, 5.41) is 11.9. The highest BCUT2D eigenvalue weighted by Gasteiger charge is 2.24. The Labute approximate surface area is 86.2 Å². The second-order valence-corrected chi connectivity index (χ2v) is 4.34. The lowest BCUT2D eigenvalue weighted by atomic mass is 9.98. The van der Waals surface area contributed by atoms with Gasteiger partial charge in [0.2, 0.25) is 0 Å². The Morgan fingerprint density at radius 2 is 2.29 bits per heavy atom. The zero-order valence-corrected chi connectivity index (χ0v) is 8.54. The maximum absolute atomic E-state index is 10.7. The van der Waals surface area contributed by atoms with E-state index in [9.17, 15) is 4.79 Å². The molecule has 0 radical (unpaired) electrons. The van der Waals surface area contributed by atoms with Crippen molar-refractivity contribution in [3.8, 4) is 0 Å². The summed E-state index contributed by atoms with van der Waals surface area (Å²) in [6.07, 6.45) is 2.81. The monoisotopic (exact) mass is 212 g/mol. The smallest absolute Gasteiger partial charge is 0.407 e. The van der Waals surface area contributed by atoms with Crippen molar-refractivity contribution in [2.75, 3.05) is 13.1 Å². The third kappa shape index (κ3) is 1.87. The first kappa shape index (κ1) is 9.45. The average molecular weight is 212 g/mol. The molecular formula is C9H12N2O2S. The molecule has 0 bridgehead atoms. The molecule has 0 aliphatic carbocycles. The topological polar surface area (TPSA) is 53.4 Å². The molecule has 4 nitrogen and oxygen atoms in total. The van der Waals surface area contributed by atoms with Crippen LogP contribution in [-0.4, -0.2) is 34.2 Å². The van der Waals surface area contributed by atoms with Gasteiger partial charge >= 0.3 is 6.09 Å². The molecule has 1 saturated heterocycles. The Morgan fingerprint density at radius 1 is 1.57 bits per heavy atom. The second-order valence-electron chi connectivity index (χ2n) is 3.41. The Bertz CT molecular complexity index is 305. The molecule has 14 heavy (non-hydrogen) atoms. The van der Waals surface area contributed by atoms with Crippen molar-refractivity contribution < 1.29 is 9.90 Å². The van der Waals surface area contributed by atoms with Crippen LogP contribution in [0.4, 0.5) is 4.79 Å². The highest BCUT2D eigenvalue weighted by molar-refractivity contribution is 7.09. The van der Waals surface area contributed by atoms with E-state index < -0.39 is 6.09 Å². The molecule has 1 aliphatic rings. The fourth-order valence-corrected chi connectivity index (χ4v) is 2.56. The van der Waals surface area contributed by atoms with E-state index in [-0.39, 0.29) is 0 Å². The molecule has 1 aliphatic heterocycles. The molecule has 0 aromatic carbocycles. The largest absolute Gasteiger partial charge is 0.465 e. The summed E-state index contributed by atoms with van der Waals surface area (Å²) >= 11 is 1.66. The molecule has 0 saturated carbocycles. The number of hydrogen-bond donors (Lipinski definition) is 1. The fraction of sp³-hybridized carbons (Fsp3) is 0.556. The van der Waals surface area contributed by atoms with Crippen LogP contribution in [0.3, 0.4) is 0 Å². The average Bonchev–Trinajstić information content (AvgIpc) is 2.71. The summed E-state index contributed by atoms with van der Waals surface area (Å²) in [6, 6.07) is 0. The quantitative estimate of drug-likeness (QED) is 0.774. The van der Waals surface area contributed by atoms with Crippen LogP contribution < -0.4 is 0 Å². The third-order valence-electron chi connectivity index (χ3n) is 2.57. The number of piperidine rings is 1. The lowest BCUT2D eigenvalue weighted by molar-refractivity contribution is 0.132. The van der Waals surface area contributed by atoms with Gasteiger partial charge in [0.05, 0.1) is 5.01 Å². The molecule has 0 unspecified atom stereocenters. The number of thiazole rings is 1. The van der Waals surface area contributed by atoms with Gasteiger partial charge in [0, 0.05) is 30.6 Å². The molecule has 1 amide bonds. The predicted molar refractivity (Wildman–Crippen MR) is 53.7 cm³/mol. The van der Waals surface area contributed by atoms with E-state index in [4.69, 9.17) is 5.11 Å². The van der Waals surface area contributed by atoms with Crippen LogP contribution in [0.5, 0.6) is 0 Å². The summed E-state index contributed by atoms with van der Waals surface area (Å²) in [4.78, 5) is 16.4. The second kappa shape index (κ2) is 3.96. The summed E-state index contributed by atoms with van der Waals surface area (Å²) in [5.41, 5.74) is 0. The van der Waals surface area contributed by atoms with Gasteiger partial charge in [-0.15, -0.1) is 11.3 Å². The van der Waals surface area contributed by atoms with Crippen LogP contribution in [0.1, 0.15) is 23.8 Å². The van der Waals surface area contributed by atoms with E-state index in [0.717, 1.165) is 17.8 Å². The lowest BCUT2D eigenvalue weighted by Gasteiger charge is -2.28. The number of likely N-dealkylation sites (tertiary alicyclic amines) is 1. The van der Waals surface area contributed by atoms with Gasteiger partial charge in [-0.3, -0.25) is 0 Å². The number of amides is 1. The number of rotatable bonds is 1. The van der Waals surface area contributed by atoms with Crippen LogP contribution in [0.25, 0.3) is 0 Å². The van der Waals surface area contributed by atoms with E-state index >= 15 is 0 Å². The minimum Gasteiger partial charge on any atom is -0.465 e. The molecule has 2 heterocycles. The van der Waals surface area contributed by atoms with E-state index in [1.54, 1.807) is 11.3 Å². The van der Waals surface area contributed by atoms with Gasteiger partial charge in [0.15, 0.2) is 0 Å². The van der Waals surface area contributed by atoms with E-state index in [1.807, 2.05) is 11.6 Å². The van der Waals surface area contributed by atoms with Crippen molar-refractivity contribution in [2.24, 2.45) is 0 Å². The standard InChI is InChI=1S/C9H12N2O2S/c12-9(13)11-4-1-7(2-5-11)8-10-3-6-14-8/h3,6-7H,1-2,4-5H2,(H,12,13). The molecule has 0 spiro atoms. The molecule has 76 valence electrons. The van der Waals surface area contributed by atoms with Crippen molar-refractivity contribution in [1.29, 1.82) is 0 Å². The minimum atomic E-state index is -0.803. The first-order valence-electron chi connectivity index (χ1n) is 4.64. The Balaban J connectivity index is 1.93. The Hall–Kier alpha value is -1.10. The zero-order chi connectivity index (χ0) is 9.97. The van der Waals surface area contributed by atoms with Gasteiger partial charge in [-0.25, -0.2) is 9.78 Å². The van der Waals surface area contributed by atoms with Crippen molar-refractivity contribution in [1.82, 2.24) is 9.88 Å². The predicted octanol–water partition coefficient (Wildman–Crippen LogP) is 2.00. The molecule has 1 aromatic heterocycles. The zero-order valence-electron chi connectivity index (χ0n) is 7.72. The van der Waals surface area contributed by atoms with Crippen molar-refractivity contribution in [3.63, 3.8) is 0 Å². The van der Waals surface area contributed by atoms with Gasteiger partial charge < -0.3 is 10.0 Å². The molecule has 5 heteroatoms. The highest BCUT2D eigenvalue weighted by atomic mass is 32.1. The molecular weight excluding hydrogens is 200 g/mol. The molecule has 1 aromatic rings. The van der Waals surface area contributed by atoms with Gasteiger partial charge in [-0.2, -0.15) is 0 Å². The van der Waals surface area contributed by atoms with Crippen molar-refractivity contribution in [2.45, 2.75) is 18.8 Å². The maximum Gasteiger partial charge on any atom is 0.407 e. The van der Waals surface area contributed by atoms with E-state index in [0.29, 0.717) is 19.0 Å². The SMILES string of the molecule is O=C(O)N1CCC(c2nccs2)CC1. The van der Waals surface area contributed by atoms with Gasteiger partial charge in [0.25, 0.3) is 0 Å². The normalized spacial score (nSPS) is 18.4. The van der Waals surface area contributed by atoms with Crippen LogP contribution in [0.15, 0.2) is 11.6 Å². The maximum atomic E-state index is 10.7. The van der Waals surface area contributed by atoms with Gasteiger partial charge in [-0.1, -0.05) is 0 Å². The summed E-state index contributed by atoms with van der Waals surface area (Å²) in [6.45, 7) is 1.28. The van der Waals surface area contributed by atoms with Gasteiger partial charge in [-0.05, 0) is 12.8 Å². The summed E-state index contributed by atoms with van der Waals surface area (Å²) < 4.78 is 0. The minimum absolute atomic E-state index is 0.464. The first-order valence-corrected chi connectivity index (χ1v) is 5.52. The molecule has 1 N–H and O–H groups in total. The van der Waals surface area contributed by atoms with E-state index in [2.05, 4.69) is 4.98 Å². The number of hydrogen-bond acceptors (Lipinski definition) is 3. The fourth-order valence-electron chi connectivity index (χ4n) is 1.75. The first-order chi connectivity index (χ1) is 6.77. The number of aromatic nitrogens is 1. The Morgan fingerprint density at radius 3 is 2.79 bits per heavy atom. The summed E-state index contributed by atoms with van der Waals surface area (Å²) in [5.74, 6) is 0.464. The summed E-state index contributed by atoms with van der Waals surface area (Å²) in [7, 11) is 0. The molecule has 0 atom stereocenters. The van der Waals surface area contributed by atoms with Crippen LogP contribution in [0.2, 0.25) is 0 Å². The molecule has 2 rings (SSSR count). The van der Waals surface area contributed by atoms with Gasteiger partial charge in [0.1, 0.15) is 0 Å². The van der Waals surface area contributed by atoms with Crippen molar-refractivity contribution in [3.05, 3.63) is 16.6 Å². The number of nitrogens with zero attached hydrogens (tertiary/aromatic N) is 2. The number of carboxylic acid groups (broad SMARTS) is 1. The Kier molecular flexibility index (Phi) is 2.67. The number of carbonyl (C=O) groups is 1. The third-order valence-corrected chi connectivity index (χ3v) is 3.50. The van der Waals surface area contributed by atoms with E-state index in [1.165, 1.54) is 4.90 Å². The van der Waals surface area contributed by atoms with Crippen LogP contribution >= 0.6 is 11.3 Å².